The van der Waals surface area contributed by atoms with Gasteiger partial charge in [-0.3, -0.25) is 14.4 Å². The van der Waals surface area contributed by atoms with Crippen LogP contribution >= 0.6 is 0 Å². The van der Waals surface area contributed by atoms with E-state index in [1.165, 1.54) is 0 Å². The van der Waals surface area contributed by atoms with Gasteiger partial charge in [0.05, 0.1) is 12.6 Å². The van der Waals surface area contributed by atoms with Crippen molar-refractivity contribution in [3.8, 4) is 0 Å². The molecule has 0 aromatic carbocycles. The number of rotatable bonds is 9. The molecule has 0 rings (SSSR count). The van der Waals surface area contributed by atoms with Gasteiger partial charge < -0.3 is 16.8 Å². The lowest BCUT2D eigenvalue weighted by molar-refractivity contribution is -0.125. The minimum Gasteiger partial charge on any atom is -0.368 e. The summed E-state index contributed by atoms with van der Waals surface area (Å²) in [5.74, 6) is -0.737. The first kappa shape index (κ1) is 16.9. The van der Waals surface area contributed by atoms with Gasteiger partial charge in [0.1, 0.15) is 0 Å². The summed E-state index contributed by atoms with van der Waals surface area (Å²) in [7, 11) is -2.66. The number of carbonyl (C=O) groups is 2. The van der Waals surface area contributed by atoms with Crippen LogP contribution in [0.2, 0.25) is 0 Å². The van der Waals surface area contributed by atoms with Crippen molar-refractivity contribution in [2.75, 3.05) is 18.1 Å². The van der Waals surface area contributed by atoms with Gasteiger partial charge in [-0.25, -0.2) is 4.21 Å². The summed E-state index contributed by atoms with van der Waals surface area (Å²) >= 11 is 0. The van der Waals surface area contributed by atoms with Crippen molar-refractivity contribution in [2.24, 2.45) is 11.5 Å². The molecule has 8 heteroatoms. The van der Waals surface area contributed by atoms with Gasteiger partial charge in [-0.15, -0.1) is 0 Å². The minimum absolute atomic E-state index is 0.0954. The van der Waals surface area contributed by atoms with Gasteiger partial charge in [-0.1, -0.05) is 13.3 Å². The predicted molar refractivity (Wildman–Crippen MR) is 70.3 cm³/mol. The third-order valence-electron chi connectivity index (χ3n) is 2.36. The first-order valence-corrected chi connectivity index (χ1v) is 7.74. The van der Waals surface area contributed by atoms with Crippen LogP contribution in [0.4, 0.5) is 0 Å². The fourth-order valence-corrected chi connectivity index (χ4v) is 2.83. The van der Waals surface area contributed by atoms with Gasteiger partial charge in [0, 0.05) is 21.2 Å². The third-order valence-corrected chi connectivity index (χ3v) is 4.20. The molecule has 0 saturated heterocycles. The Hall–Kier alpha value is -1.15. The van der Waals surface area contributed by atoms with Crippen molar-refractivity contribution in [3.05, 3.63) is 0 Å². The number of nitrogens with one attached hydrogen (secondary N) is 2. The van der Waals surface area contributed by atoms with Crippen molar-refractivity contribution in [2.45, 2.75) is 32.2 Å². The van der Waals surface area contributed by atoms with E-state index in [1.807, 2.05) is 6.92 Å². The summed E-state index contributed by atoms with van der Waals surface area (Å²) in [5.41, 5.74) is 10.4. The van der Waals surface area contributed by atoms with Crippen molar-refractivity contribution in [3.63, 3.8) is 0 Å². The molecule has 2 amide bonds. The largest absolute Gasteiger partial charge is 0.368 e. The maximum absolute atomic E-state index is 11.7. The van der Waals surface area contributed by atoms with Crippen LogP contribution in [-0.2, 0) is 19.3 Å². The molecule has 0 saturated carbocycles. The van der Waals surface area contributed by atoms with Crippen LogP contribution in [0.15, 0.2) is 0 Å². The molecule has 0 aromatic rings. The molecule has 0 radical (unpaired) electrons. The molecule has 0 bridgehead atoms. The molecule has 0 heterocycles. The van der Waals surface area contributed by atoms with Crippen LogP contribution in [-0.4, -0.2) is 40.1 Å². The Morgan fingerprint density at radius 3 is 2.50 bits per heavy atom. The summed E-state index contributed by atoms with van der Waals surface area (Å²) in [6.07, 6.45) is 1.77. The molecule has 0 aliphatic rings. The Balaban J connectivity index is 4.05. The maximum Gasteiger partial charge on any atom is 0.237 e. The number of hydrogen-bond acceptors (Lipinski definition) is 5. The summed E-state index contributed by atoms with van der Waals surface area (Å²) in [5, 5.41) is 2.27. The van der Waals surface area contributed by atoms with Gasteiger partial charge in [-0.2, -0.15) is 0 Å². The Labute approximate surface area is 108 Å². The van der Waals surface area contributed by atoms with Crippen LogP contribution in [0.5, 0.6) is 0 Å². The second-order valence-corrected chi connectivity index (χ2v) is 6.59. The lowest BCUT2D eigenvalue weighted by Gasteiger charge is -2.12. The zero-order chi connectivity index (χ0) is 14.2. The highest BCUT2D eigenvalue weighted by Crippen LogP contribution is 2.02. The van der Waals surface area contributed by atoms with Gasteiger partial charge in [-0.05, 0) is 12.8 Å². The highest BCUT2D eigenvalue weighted by Gasteiger charge is 2.16. The Kier molecular flexibility index (Phi) is 7.53. The second kappa shape index (κ2) is 8.04. The molecule has 7 nitrogen and oxygen atoms in total. The first-order valence-electron chi connectivity index (χ1n) is 5.84. The fraction of sp³-hybridized carbons (Fsp3) is 0.800. The molecule has 18 heavy (non-hydrogen) atoms. The molecule has 2 atom stereocenters. The van der Waals surface area contributed by atoms with Crippen LogP contribution in [0, 0.1) is 4.78 Å². The van der Waals surface area contributed by atoms with E-state index in [9.17, 15) is 13.8 Å². The summed E-state index contributed by atoms with van der Waals surface area (Å²) in [4.78, 5) is 21.8. The average molecular weight is 278 g/mol. The molecule has 6 N–H and O–H groups in total. The average Bonchev–Trinajstić information content (AvgIpc) is 2.30. The zero-order valence-corrected chi connectivity index (χ0v) is 11.4. The van der Waals surface area contributed by atoms with E-state index < -0.39 is 27.6 Å². The topological polar surface area (TPSA) is 139 Å². The number of carbonyl (C=O) groups excluding carboxylic acids is 2. The first-order chi connectivity index (χ1) is 8.28. The van der Waals surface area contributed by atoms with E-state index in [0.717, 1.165) is 12.8 Å². The molecule has 0 aromatic heterocycles. The van der Waals surface area contributed by atoms with E-state index in [4.69, 9.17) is 16.2 Å². The molecular weight excluding hydrogens is 256 g/mol. The molecule has 106 valence electrons. The van der Waals surface area contributed by atoms with E-state index in [2.05, 4.69) is 5.32 Å². The van der Waals surface area contributed by atoms with Crippen molar-refractivity contribution < 1.29 is 13.8 Å². The number of amides is 2. The van der Waals surface area contributed by atoms with E-state index >= 15 is 0 Å². The van der Waals surface area contributed by atoms with Crippen molar-refractivity contribution >= 4 is 21.5 Å². The van der Waals surface area contributed by atoms with Gasteiger partial charge in [0.2, 0.25) is 11.8 Å². The van der Waals surface area contributed by atoms with Gasteiger partial charge in [0.15, 0.2) is 0 Å². The van der Waals surface area contributed by atoms with Crippen LogP contribution < -0.4 is 16.8 Å². The molecule has 0 aliphatic carbocycles. The lowest BCUT2D eigenvalue weighted by atomic mass is 10.2. The van der Waals surface area contributed by atoms with E-state index in [1.54, 1.807) is 0 Å². The zero-order valence-electron chi connectivity index (χ0n) is 10.6. The number of unbranched alkanes of at least 4 members (excludes halogenated alkanes) is 1. The number of nitrogens with two attached hydrogens (primary N) is 2. The Morgan fingerprint density at radius 2 is 2.00 bits per heavy atom. The molecule has 1 unspecified atom stereocenters. The lowest BCUT2D eigenvalue weighted by Crippen LogP contribution is -2.44. The second-order valence-electron chi connectivity index (χ2n) is 4.15. The van der Waals surface area contributed by atoms with E-state index in [-0.39, 0.29) is 18.7 Å². The van der Waals surface area contributed by atoms with Crippen LogP contribution in [0.3, 0.4) is 0 Å². The Bertz CT molecular complexity index is 381. The standard InChI is InChI=1S/C10H22N4O3S/c1-2-3-5-18(13,17)6-4-8(11)10(16)14-7-9(12)15/h8,13H,2-7,11H2,1H3,(H2,12,15)(H,14,16)/t8-,18?/m0/s1. The molecule has 0 fully saturated rings. The maximum atomic E-state index is 11.7. The Morgan fingerprint density at radius 1 is 1.39 bits per heavy atom. The normalized spacial score (nSPS) is 15.7. The van der Waals surface area contributed by atoms with Crippen molar-refractivity contribution in [1.82, 2.24) is 5.32 Å². The minimum atomic E-state index is -2.66. The SMILES string of the molecule is CCCCS(=N)(=O)CC[C@H](N)C(=O)NCC(N)=O. The third kappa shape index (κ3) is 8.02. The fourth-order valence-electron chi connectivity index (χ4n) is 1.23. The van der Waals surface area contributed by atoms with Crippen LogP contribution in [0.25, 0.3) is 0 Å². The highest BCUT2D eigenvalue weighted by atomic mass is 32.2. The summed E-state index contributed by atoms with van der Waals surface area (Å²) in [6.45, 7) is 1.69. The molecular formula is C10H22N4O3S. The summed E-state index contributed by atoms with van der Waals surface area (Å²) < 4.78 is 19.3. The van der Waals surface area contributed by atoms with Gasteiger partial charge >= 0.3 is 0 Å². The smallest absolute Gasteiger partial charge is 0.237 e. The molecule has 0 spiro atoms. The number of hydrogen-bond donors (Lipinski definition) is 4. The molecule has 0 aliphatic heterocycles. The quantitative estimate of drug-likeness (QED) is 0.436. The predicted octanol–water partition coefficient (Wildman–Crippen LogP) is -0.848. The van der Waals surface area contributed by atoms with E-state index in [0.29, 0.717) is 5.75 Å². The van der Waals surface area contributed by atoms with Crippen LogP contribution in [0.1, 0.15) is 26.2 Å². The van der Waals surface area contributed by atoms with Gasteiger partial charge in [0.25, 0.3) is 0 Å². The number of primary amides is 1. The summed E-state index contributed by atoms with van der Waals surface area (Å²) in [6, 6.07) is -0.864. The van der Waals surface area contributed by atoms with Crippen molar-refractivity contribution in [1.29, 1.82) is 4.78 Å². The monoisotopic (exact) mass is 278 g/mol. The highest BCUT2D eigenvalue weighted by molar-refractivity contribution is 7.92.